The monoisotopic (exact) mass is 429 g/mol. The third-order valence-corrected chi connectivity index (χ3v) is 7.77. The van der Waals surface area contributed by atoms with Gasteiger partial charge in [0.15, 0.2) is 15.8 Å². The molecular formula is C23H31N3O3S. The molecular weight excluding hydrogens is 398 g/mol. The van der Waals surface area contributed by atoms with Gasteiger partial charge in [0.25, 0.3) is 0 Å². The Kier molecular flexibility index (Phi) is 7.02. The summed E-state index contributed by atoms with van der Waals surface area (Å²) in [5.41, 5.74) is 2.16. The minimum atomic E-state index is -3.09. The Hall–Kier alpha value is -2.54. The number of benzene rings is 2. The molecule has 0 spiro atoms. The Labute approximate surface area is 179 Å². The Morgan fingerprint density at radius 3 is 2.57 bits per heavy atom. The van der Waals surface area contributed by atoms with Gasteiger partial charge in [-0.3, -0.25) is 0 Å². The average molecular weight is 430 g/mol. The molecule has 0 atom stereocenters. The number of guanidine groups is 1. The minimum absolute atomic E-state index is 0.146. The third-order valence-electron chi connectivity index (χ3n) is 5.24. The highest BCUT2D eigenvalue weighted by Gasteiger charge is 2.40. The van der Waals surface area contributed by atoms with Crippen molar-refractivity contribution in [3.63, 3.8) is 0 Å². The van der Waals surface area contributed by atoms with E-state index >= 15 is 0 Å². The number of hydrogen-bond donors (Lipinski definition) is 1. The molecule has 1 aliphatic rings. The van der Waals surface area contributed by atoms with E-state index in [9.17, 15) is 8.42 Å². The topological polar surface area (TPSA) is 71.0 Å². The Bertz CT molecular complexity index is 972. The molecule has 2 aromatic rings. The molecule has 0 saturated carbocycles. The molecule has 1 heterocycles. The first-order chi connectivity index (χ1) is 14.3. The summed E-state index contributed by atoms with van der Waals surface area (Å²) in [4.78, 5) is 6.80. The van der Waals surface area contributed by atoms with Gasteiger partial charge >= 0.3 is 0 Å². The van der Waals surface area contributed by atoms with Crippen LogP contribution in [0.4, 0.5) is 0 Å². The molecule has 6 nitrogen and oxygen atoms in total. The molecule has 1 aliphatic heterocycles. The minimum Gasteiger partial charge on any atom is -0.489 e. The molecule has 2 aromatic carbocycles. The molecule has 0 aliphatic carbocycles. The Morgan fingerprint density at radius 1 is 1.13 bits per heavy atom. The molecule has 0 bridgehead atoms. The van der Waals surface area contributed by atoms with Crippen LogP contribution >= 0.6 is 0 Å². The number of ether oxygens (including phenoxy) is 1. The summed E-state index contributed by atoms with van der Waals surface area (Å²) in [5, 5.41) is 3.30. The van der Waals surface area contributed by atoms with Crippen LogP contribution in [0.3, 0.4) is 0 Å². The number of rotatable bonds is 6. The lowest BCUT2D eigenvalue weighted by molar-refractivity contribution is 0.306. The second kappa shape index (κ2) is 9.51. The predicted molar refractivity (Wildman–Crippen MR) is 121 cm³/mol. The lowest BCUT2D eigenvalue weighted by atomic mass is 10.2. The average Bonchev–Trinajstić information content (AvgIpc) is 2.73. The van der Waals surface area contributed by atoms with Crippen LogP contribution < -0.4 is 10.1 Å². The van der Waals surface area contributed by atoms with Crippen LogP contribution in [0.1, 0.15) is 31.9 Å². The molecule has 3 rings (SSSR count). The van der Waals surface area contributed by atoms with Crippen LogP contribution in [0, 0.1) is 0 Å². The first kappa shape index (κ1) is 22.2. The van der Waals surface area contributed by atoms with Crippen LogP contribution in [0.25, 0.3) is 0 Å². The van der Waals surface area contributed by atoms with Crippen molar-refractivity contribution in [3.8, 4) is 5.75 Å². The van der Waals surface area contributed by atoms with E-state index in [0.29, 0.717) is 26.2 Å². The van der Waals surface area contributed by atoms with Gasteiger partial charge in [0, 0.05) is 19.6 Å². The molecule has 1 fully saturated rings. The molecule has 0 unspecified atom stereocenters. The van der Waals surface area contributed by atoms with Crippen LogP contribution in [0.15, 0.2) is 59.6 Å². The van der Waals surface area contributed by atoms with Crippen molar-refractivity contribution >= 4 is 15.8 Å². The van der Waals surface area contributed by atoms with Gasteiger partial charge in [-0.1, -0.05) is 42.5 Å². The lowest BCUT2D eigenvalue weighted by Crippen LogP contribution is -2.57. The second-order valence-electron chi connectivity index (χ2n) is 8.09. The van der Waals surface area contributed by atoms with E-state index in [-0.39, 0.29) is 5.75 Å². The molecule has 7 heteroatoms. The van der Waals surface area contributed by atoms with Crippen molar-refractivity contribution in [3.05, 3.63) is 65.7 Å². The van der Waals surface area contributed by atoms with Gasteiger partial charge in [-0.25, -0.2) is 13.4 Å². The van der Waals surface area contributed by atoms with Gasteiger partial charge < -0.3 is 15.0 Å². The van der Waals surface area contributed by atoms with Crippen molar-refractivity contribution < 1.29 is 13.2 Å². The van der Waals surface area contributed by atoms with Crippen molar-refractivity contribution in [2.24, 2.45) is 4.99 Å². The number of hydrogen-bond acceptors (Lipinski definition) is 4. The highest BCUT2D eigenvalue weighted by molar-refractivity contribution is 7.92. The predicted octanol–water partition coefficient (Wildman–Crippen LogP) is 3.24. The maximum atomic E-state index is 12.3. The van der Waals surface area contributed by atoms with E-state index in [4.69, 9.17) is 9.73 Å². The van der Waals surface area contributed by atoms with Gasteiger partial charge in [-0.05, 0) is 44.0 Å². The SMILES string of the molecule is CCNC(=NCc1cccc(OCc2ccccc2)c1)N1CCS(=O)(=O)C(C)(C)C1. The number of aliphatic imine (C=N–C) groups is 1. The van der Waals surface area contributed by atoms with Crippen LogP contribution in [-0.2, 0) is 23.0 Å². The normalized spacial score (nSPS) is 18.1. The fourth-order valence-corrected chi connectivity index (χ4v) is 4.76. The molecule has 0 aromatic heterocycles. The molecule has 0 radical (unpaired) electrons. The smallest absolute Gasteiger partial charge is 0.194 e. The summed E-state index contributed by atoms with van der Waals surface area (Å²) in [5.74, 6) is 1.70. The van der Waals surface area contributed by atoms with Crippen molar-refractivity contribution in [1.29, 1.82) is 0 Å². The zero-order valence-electron chi connectivity index (χ0n) is 18.0. The van der Waals surface area contributed by atoms with Gasteiger partial charge in [0.1, 0.15) is 12.4 Å². The van der Waals surface area contributed by atoms with Crippen molar-refractivity contribution in [2.45, 2.75) is 38.7 Å². The maximum absolute atomic E-state index is 12.3. The first-order valence-electron chi connectivity index (χ1n) is 10.3. The lowest BCUT2D eigenvalue weighted by Gasteiger charge is -2.39. The summed E-state index contributed by atoms with van der Waals surface area (Å²) in [6, 6.07) is 18.0. The summed E-state index contributed by atoms with van der Waals surface area (Å²) < 4.78 is 29.7. The zero-order chi connectivity index (χ0) is 21.6. The van der Waals surface area contributed by atoms with E-state index in [0.717, 1.165) is 29.4 Å². The summed E-state index contributed by atoms with van der Waals surface area (Å²) in [6.07, 6.45) is 0. The third kappa shape index (κ3) is 5.53. The van der Waals surface area contributed by atoms with E-state index in [1.54, 1.807) is 13.8 Å². The standard InChI is InChI=1S/C23H31N3O3S/c1-4-24-22(26-13-14-30(27,28)23(2,3)18-26)25-16-20-11-8-12-21(15-20)29-17-19-9-6-5-7-10-19/h5-12,15H,4,13-14,16-18H2,1-3H3,(H,24,25). The van der Waals surface area contributed by atoms with E-state index < -0.39 is 14.6 Å². The molecule has 162 valence electrons. The van der Waals surface area contributed by atoms with Crippen LogP contribution in [0.5, 0.6) is 5.75 Å². The van der Waals surface area contributed by atoms with Gasteiger partial charge in [-0.15, -0.1) is 0 Å². The zero-order valence-corrected chi connectivity index (χ0v) is 18.8. The van der Waals surface area contributed by atoms with E-state index in [2.05, 4.69) is 5.32 Å². The number of sulfone groups is 1. The summed E-state index contributed by atoms with van der Waals surface area (Å²) in [6.45, 7) is 8.21. The molecule has 30 heavy (non-hydrogen) atoms. The quantitative estimate of drug-likeness (QED) is 0.564. The Morgan fingerprint density at radius 2 is 1.87 bits per heavy atom. The summed E-state index contributed by atoms with van der Waals surface area (Å²) >= 11 is 0. The largest absolute Gasteiger partial charge is 0.489 e. The highest BCUT2D eigenvalue weighted by atomic mass is 32.2. The van der Waals surface area contributed by atoms with Gasteiger partial charge in [0.2, 0.25) is 0 Å². The fraction of sp³-hybridized carbons (Fsp3) is 0.435. The van der Waals surface area contributed by atoms with Crippen LogP contribution in [0.2, 0.25) is 0 Å². The van der Waals surface area contributed by atoms with Crippen molar-refractivity contribution in [1.82, 2.24) is 10.2 Å². The van der Waals surface area contributed by atoms with Gasteiger partial charge in [0.05, 0.1) is 17.0 Å². The van der Waals surface area contributed by atoms with E-state index in [1.165, 1.54) is 0 Å². The first-order valence-corrected chi connectivity index (χ1v) is 12.0. The number of nitrogens with zero attached hydrogens (tertiary/aromatic N) is 2. The molecule has 0 amide bonds. The fourth-order valence-electron chi connectivity index (χ4n) is 3.39. The van der Waals surface area contributed by atoms with Gasteiger partial charge in [-0.2, -0.15) is 0 Å². The maximum Gasteiger partial charge on any atom is 0.194 e. The second-order valence-corrected chi connectivity index (χ2v) is 10.8. The molecule has 1 saturated heterocycles. The van der Waals surface area contributed by atoms with Crippen molar-refractivity contribution in [2.75, 3.05) is 25.4 Å². The molecule has 1 N–H and O–H groups in total. The number of nitrogens with one attached hydrogen (secondary N) is 1. The Balaban J connectivity index is 1.67. The van der Waals surface area contributed by atoms with E-state index in [1.807, 2.05) is 66.4 Å². The summed E-state index contributed by atoms with van der Waals surface area (Å²) in [7, 11) is -3.09. The van der Waals surface area contributed by atoms with Crippen LogP contribution in [-0.4, -0.2) is 49.4 Å². The highest BCUT2D eigenvalue weighted by Crippen LogP contribution is 2.24.